The Hall–Kier alpha value is -2.03. The number of amides is 1. The van der Waals surface area contributed by atoms with E-state index < -0.39 is 6.10 Å². The van der Waals surface area contributed by atoms with Gasteiger partial charge in [-0.15, -0.1) is 0 Å². The molecule has 2 aromatic rings. The number of rotatable bonds is 4. The molecule has 0 aliphatic carbocycles. The number of benzene rings is 1. The van der Waals surface area contributed by atoms with Crippen LogP contribution >= 0.6 is 0 Å². The topological polar surface area (TPSA) is 87.7 Å². The number of aliphatic hydroxyl groups is 1. The highest BCUT2D eigenvalue weighted by Gasteiger charge is 2.20. The third kappa shape index (κ3) is 4.04. The summed E-state index contributed by atoms with van der Waals surface area (Å²) in [6.07, 6.45) is -0.674. The van der Waals surface area contributed by atoms with Gasteiger partial charge in [-0.2, -0.15) is 0 Å². The first-order chi connectivity index (χ1) is 11.1. The van der Waals surface area contributed by atoms with E-state index in [-0.39, 0.29) is 38.1 Å². The molecule has 1 unspecified atom stereocenters. The lowest BCUT2D eigenvalue weighted by molar-refractivity contribution is -0.137. The molecule has 8 heteroatoms. The maximum atomic E-state index is 13.1. The number of H-pyrrole nitrogens is 1. The van der Waals surface area contributed by atoms with Crippen LogP contribution in [0.2, 0.25) is 0 Å². The Morgan fingerprint density at radius 2 is 2.43 bits per heavy atom. The van der Waals surface area contributed by atoms with Crippen molar-refractivity contribution in [3.05, 3.63) is 29.8 Å². The number of nitrogens with zero attached hydrogens (tertiary/aromatic N) is 2. The van der Waals surface area contributed by atoms with Crippen molar-refractivity contribution in [1.82, 2.24) is 14.9 Å². The molecule has 124 valence electrons. The average molecular weight is 323 g/mol. The van der Waals surface area contributed by atoms with Gasteiger partial charge >= 0.3 is 0 Å². The van der Waals surface area contributed by atoms with Crippen molar-refractivity contribution in [3.63, 3.8) is 0 Å². The fourth-order valence-electron chi connectivity index (χ4n) is 2.45. The van der Waals surface area contributed by atoms with Crippen LogP contribution in [-0.2, 0) is 20.9 Å². The molecule has 1 aliphatic heterocycles. The second-order valence-corrected chi connectivity index (χ2v) is 5.41. The molecule has 1 aromatic heterocycles. The zero-order chi connectivity index (χ0) is 16.2. The van der Waals surface area contributed by atoms with Crippen molar-refractivity contribution < 1.29 is 23.8 Å². The molecule has 23 heavy (non-hydrogen) atoms. The number of carbonyl (C=O) groups is 1. The van der Waals surface area contributed by atoms with Crippen molar-refractivity contribution in [2.24, 2.45) is 0 Å². The molecule has 0 radical (unpaired) electrons. The molecular weight excluding hydrogens is 305 g/mol. The van der Waals surface area contributed by atoms with Gasteiger partial charge in [0.2, 0.25) is 5.91 Å². The Labute approximate surface area is 132 Å². The molecule has 2 N–H and O–H groups in total. The number of hydrogen-bond acceptors (Lipinski definition) is 5. The number of halogens is 1. The van der Waals surface area contributed by atoms with E-state index in [0.29, 0.717) is 30.0 Å². The van der Waals surface area contributed by atoms with Gasteiger partial charge in [-0.05, 0) is 18.2 Å². The van der Waals surface area contributed by atoms with Crippen molar-refractivity contribution in [2.45, 2.75) is 12.7 Å². The Bertz CT molecular complexity index is 690. The van der Waals surface area contributed by atoms with Crippen molar-refractivity contribution in [2.75, 3.05) is 32.9 Å². The van der Waals surface area contributed by atoms with Crippen LogP contribution in [0.15, 0.2) is 18.2 Å². The largest absolute Gasteiger partial charge is 0.389 e. The fraction of sp³-hybridized carbons (Fsp3) is 0.467. The minimum atomic E-state index is -0.674. The molecule has 1 fully saturated rings. The molecule has 1 atom stereocenters. The quantitative estimate of drug-likeness (QED) is 0.852. The Balaban J connectivity index is 1.52. The third-order valence-corrected chi connectivity index (χ3v) is 3.56. The van der Waals surface area contributed by atoms with E-state index in [1.54, 1.807) is 6.07 Å². The first-order valence-electron chi connectivity index (χ1n) is 7.37. The van der Waals surface area contributed by atoms with Gasteiger partial charge in [0.1, 0.15) is 24.9 Å². The van der Waals surface area contributed by atoms with Crippen LogP contribution in [0.3, 0.4) is 0 Å². The van der Waals surface area contributed by atoms with E-state index in [9.17, 15) is 14.3 Å². The van der Waals surface area contributed by atoms with Crippen LogP contribution in [0.1, 0.15) is 5.82 Å². The highest BCUT2D eigenvalue weighted by atomic mass is 19.1. The van der Waals surface area contributed by atoms with Gasteiger partial charge < -0.3 is 24.5 Å². The fourth-order valence-corrected chi connectivity index (χ4v) is 2.45. The zero-order valence-corrected chi connectivity index (χ0v) is 12.5. The number of aromatic amines is 1. The molecule has 1 aliphatic rings. The molecule has 3 rings (SSSR count). The average Bonchev–Trinajstić information content (AvgIpc) is 2.78. The number of ether oxygens (including phenoxy) is 2. The highest BCUT2D eigenvalue weighted by molar-refractivity contribution is 5.77. The summed E-state index contributed by atoms with van der Waals surface area (Å²) in [6, 6.07) is 4.27. The van der Waals surface area contributed by atoms with Gasteiger partial charge in [0.25, 0.3) is 0 Å². The van der Waals surface area contributed by atoms with E-state index >= 15 is 0 Å². The number of imidazole rings is 1. The van der Waals surface area contributed by atoms with Gasteiger partial charge in [-0.1, -0.05) is 0 Å². The summed E-state index contributed by atoms with van der Waals surface area (Å²) in [5.41, 5.74) is 1.23. The molecule has 0 bridgehead atoms. The summed E-state index contributed by atoms with van der Waals surface area (Å²) in [5, 5.41) is 9.61. The number of fused-ring (bicyclic) bond motifs is 1. The maximum absolute atomic E-state index is 13.1. The second kappa shape index (κ2) is 7.03. The molecule has 0 spiro atoms. The van der Waals surface area contributed by atoms with E-state index in [0.717, 1.165) is 0 Å². The minimum Gasteiger partial charge on any atom is -0.389 e. The van der Waals surface area contributed by atoms with Gasteiger partial charge in [-0.3, -0.25) is 4.79 Å². The first-order valence-corrected chi connectivity index (χ1v) is 7.37. The Morgan fingerprint density at radius 3 is 3.30 bits per heavy atom. The number of nitrogens with one attached hydrogen (secondary N) is 1. The zero-order valence-electron chi connectivity index (χ0n) is 12.5. The lowest BCUT2D eigenvalue weighted by Gasteiger charge is -2.21. The van der Waals surface area contributed by atoms with Crippen LogP contribution in [0.4, 0.5) is 4.39 Å². The van der Waals surface area contributed by atoms with Gasteiger partial charge in [0.15, 0.2) is 0 Å². The smallest absolute Gasteiger partial charge is 0.248 e. The third-order valence-electron chi connectivity index (χ3n) is 3.56. The van der Waals surface area contributed by atoms with Crippen LogP contribution in [-0.4, -0.2) is 64.9 Å². The summed E-state index contributed by atoms with van der Waals surface area (Å²) in [6.45, 7) is 1.32. The van der Waals surface area contributed by atoms with Gasteiger partial charge in [0, 0.05) is 13.1 Å². The van der Waals surface area contributed by atoms with Crippen LogP contribution < -0.4 is 0 Å². The van der Waals surface area contributed by atoms with E-state index in [2.05, 4.69) is 9.97 Å². The number of aliphatic hydroxyl groups excluding tert-OH is 1. The van der Waals surface area contributed by atoms with Gasteiger partial charge in [-0.25, -0.2) is 9.37 Å². The molecule has 1 amide bonds. The number of aromatic nitrogens is 2. The summed E-state index contributed by atoms with van der Waals surface area (Å²) in [7, 11) is 0. The lowest BCUT2D eigenvalue weighted by Crippen LogP contribution is -2.39. The predicted molar refractivity (Wildman–Crippen MR) is 79.1 cm³/mol. The van der Waals surface area contributed by atoms with Crippen molar-refractivity contribution in [3.8, 4) is 0 Å². The van der Waals surface area contributed by atoms with Gasteiger partial charge in [0.05, 0.1) is 30.4 Å². The van der Waals surface area contributed by atoms with Crippen LogP contribution in [0.5, 0.6) is 0 Å². The Morgan fingerprint density at radius 1 is 1.57 bits per heavy atom. The first kappa shape index (κ1) is 15.9. The Kier molecular flexibility index (Phi) is 4.85. The van der Waals surface area contributed by atoms with Crippen LogP contribution in [0, 0.1) is 5.82 Å². The molecule has 0 saturated carbocycles. The van der Waals surface area contributed by atoms with E-state index in [4.69, 9.17) is 9.47 Å². The number of β-amino-alcohol motifs (C(OH)–C–C–N with tert-alkyl or cyclic N) is 1. The number of hydrogen-bond donors (Lipinski definition) is 2. The summed E-state index contributed by atoms with van der Waals surface area (Å²) >= 11 is 0. The maximum Gasteiger partial charge on any atom is 0.248 e. The molecule has 2 heterocycles. The summed E-state index contributed by atoms with van der Waals surface area (Å²) < 4.78 is 23.7. The highest BCUT2D eigenvalue weighted by Crippen LogP contribution is 2.13. The summed E-state index contributed by atoms with van der Waals surface area (Å²) in [5.74, 6) is -0.0277. The lowest BCUT2D eigenvalue weighted by atomic mass is 10.3. The van der Waals surface area contributed by atoms with E-state index in [1.165, 1.54) is 17.0 Å². The predicted octanol–water partition coefficient (Wildman–Crippen LogP) is 0.438. The normalized spacial score (nSPS) is 19.0. The standard InChI is InChI=1S/C15H18FN3O4/c16-10-1-2-12-13(5-10)18-14(17-12)8-23-9-15(21)19-3-4-22-7-11(20)6-19/h1-2,5,11,20H,3-4,6-9H2,(H,17,18). The molecule has 7 nitrogen and oxygen atoms in total. The van der Waals surface area contributed by atoms with Crippen molar-refractivity contribution in [1.29, 1.82) is 0 Å². The SMILES string of the molecule is O=C(COCc1nc2ccc(F)cc2[nH]1)N1CCOCC(O)C1. The second-order valence-electron chi connectivity index (χ2n) is 5.41. The molecular formula is C15H18FN3O4. The number of carbonyl (C=O) groups excluding carboxylic acids is 1. The minimum absolute atomic E-state index is 0.113. The molecule has 1 aromatic carbocycles. The van der Waals surface area contributed by atoms with E-state index in [1.807, 2.05) is 0 Å². The monoisotopic (exact) mass is 323 g/mol. The summed E-state index contributed by atoms with van der Waals surface area (Å²) in [4.78, 5) is 20.8. The van der Waals surface area contributed by atoms with Crippen molar-refractivity contribution >= 4 is 16.9 Å². The van der Waals surface area contributed by atoms with Crippen LogP contribution in [0.25, 0.3) is 11.0 Å². The molecule has 1 saturated heterocycles.